The van der Waals surface area contributed by atoms with E-state index in [9.17, 15) is 0 Å². The predicted octanol–water partition coefficient (Wildman–Crippen LogP) is 1.81. The van der Waals surface area contributed by atoms with Gasteiger partial charge in [-0.1, -0.05) is 5.16 Å². The average Bonchev–Trinajstić information content (AvgIpc) is 3.11. The van der Waals surface area contributed by atoms with E-state index in [1.807, 2.05) is 12.1 Å². The SMILES string of the molecule is Nc1ccc(OCc2nc(CC3CCOC3)no2)cc1. The highest BCUT2D eigenvalue weighted by atomic mass is 16.5. The Morgan fingerprint density at radius 3 is 2.90 bits per heavy atom. The first-order valence-electron chi connectivity index (χ1n) is 6.67. The second kappa shape index (κ2) is 5.92. The second-order valence-electron chi connectivity index (χ2n) is 4.90. The minimum absolute atomic E-state index is 0.262. The molecule has 6 heteroatoms. The molecule has 20 heavy (non-hydrogen) atoms. The van der Waals surface area contributed by atoms with E-state index in [1.165, 1.54) is 0 Å². The van der Waals surface area contributed by atoms with Gasteiger partial charge in [0.05, 0.1) is 0 Å². The van der Waals surface area contributed by atoms with Crippen molar-refractivity contribution in [3.8, 4) is 5.75 Å². The molecule has 0 radical (unpaired) electrons. The molecule has 2 aromatic rings. The van der Waals surface area contributed by atoms with Crippen LogP contribution in [-0.4, -0.2) is 23.4 Å². The van der Waals surface area contributed by atoms with Crippen LogP contribution in [0.4, 0.5) is 5.69 Å². The number of anilines is 1. The Bertz CT molecular complexity index is 547. The summed E-state index contributed by atoms with van der Waals surface area (Å²) < 4.78 is 16.1. The van der Waals surface area contributed by atoms with E-state index in [2.05, 4.69) is 10.1 Å². The van der Waals surface area contributed by atoms with E-state index in [0.717, 1.165) is 37.6 Å². The molecule has 1 unspecified atom stereocenters. The molecule has 2 heterocycles. The van der Waals surface area contributed by atoms with E-state index in [4.69, 9.17) is 19.7 Å². The van der Waals surface area contributed by atoms with Crippen molar-refractivity contribution >= 4 is 5.69 Å². The van der Waals surface area contributed by atoms with Crippen molar-refractivity contribution < 1.29 is 14.0 Å². The summed E-state index contributed by atoms with van der Waals surface area (Å²) in [6, 6.07) is 7.19. The Labute approximate surface area is 116 Å². The summed E-state index contributed by atoms with van der Waals surface area (Å²) in [5.74, 6) is 2.42. The molecule has 3 rings (SSSR count). The average molecular weight is 275 g/mol. The van der Waals surface area contributed by atoms with Crippen molar-refractivity contribution in [1.29, 1.82) is 0 Å². The number of nitrogens with two attached hydrogens (primary N) is 1. The molecular weight excluding hydrogens is 258 g/mol. The third kappa shape index (κ3) is 3.27. The molecule has 0 saturated carbocycles. The van der Waals surface area contributed by atoms with Crippen LogP contribution >= 0.6 is 0 Å². The highest BCUT2D eigenvalue weighted by Gasteiger charge is 2.19. The van der Waals surface area contributed by atoms with Gasteiger partial charge in [-0.15, -0.1) is 0 Å². The van der Waals surface area contributed by atoms with Gasteiger partial charge < -0.3 is 19.7 Å². The zero-order valence-electron chi connectivity index (χ0n) is 11.1. The van der Waals surface area contributed by atoms with Gasteiger partial charge in [-0.2, -0.15) is 4.98 Å². The van der Waals surface area contributed by atoms with E-state index in [1.54, 1.807) is 12.1 Å². The lowest BCUT2D eigenvalue weighted by molar-refractivity contribution is 0.185. The molecule has 6 nitrogen and oxygen atoms in total. The molecule has 1 aromatic heterocycles. The zero-order valence-corrected chi connectivity index (χ0v) is 11.1. The van der Waals surface area contributed by atoms with Crippen molar-refractivity contribution in [1.82, 2.24) is 10.1 Å². The first-order valence-corrected chi connectivity index (χ1v) is 6.67. The third-order valence-corrected chi connectivity index (χ3v) is 3.25. The molecule has 0 amide bonds. The quantitative estimate of drug-likeness (QED) is 0.838. The van der Waals surface area contributed by atoms with Crippen LogP contribution in [0.5, 0.6) is 5.75 Å². The van der Waals surface area contributed by atoms with Crippen molar-refractivity contribution in [2.24, 2.45) is 5.92 Å². The topological polar surface area (TPSA) is 83.4 Å². The number of nitrogens with zero attached hydrogens (tertiary/aromatic N) is 2. The van der Waals surface area contributed by atoms with Crippen LogP contribution in [0.1, 0.15) is 18.1 Å². The molecule has 1 saturated heterocycles. The third-order valence-electron chi connectivity index (χ3n) is 3.25. The highest BCUT2D eigenvalue weighted by molar-refractivity contribution is 5.41. The van der Waals surface area contributed by atoms with E-state index in [0.29, 0.717) is 17.5 Å². The van der Waals surface area contributed by atoms with Crippen LogP contribution in [0.15, 0.2) is 28.8 Å². The lowest BCUT2D eigenvalue weighted by atomic mass is 10.1. The van der Waals surface area contributed by atoms with E-state index >= 15 is 0 Å². The summed E-state index contributed by atoms with van der Waals surface area (Å²) in [7, 11) is 0. The maximum Gasteiger partial charge on any atom is 0.264 e. The van der Waals surface area contributed by atoms with Gasteiger partial charge >= 0.3 is 0 Å². The number of ether oxygens (including phenoxy) is 2. The first-order chi connectivity index (χ1) is 9.79. The fourth-order valence-electron chi connectivity index (χ4n) is 2.14. The smallest absolute Gasteiger partial charge is 0.264 e. The van der Waals surface area contributed by atoms with Crippen molar-refractivity contribution in [2.75, 3.05) is 18.9 Å². The van der Waals surface area contributed by atoms with E-state index < -0.39 is 0 Å². The zero-order chi connectivity index (χ0) is 13.8. The van der Waals surface area contributed by atoms with Crippen LogP contribution in [0.3, 0.4) is 0 Å². The molecule has 1 aliphatic heterocycles. The summed E-state index contributed by atoms with van der Waals surface area (Å²) in [5, 5.41) is 3.96. The number of rotatable bonds is 5. The molecule has 0 spiro atoms. The van der Waals surface area contributed by atoms with Crippen LogP contribution in [0.25, 0.3) is 0 Å². The molecule has 1 aliphatic rings. The molecule has 0 bridgehead atoms. The fraction of sp³-hybridized carbons (Fsp3) is 0.429. The Balaban J connectivity index is 1.52. The maximum atomic E-state index is 5.61. The van der Waals surface area contributed by atoms with E-state index in [-0.39, 0.29) is 6.61 Å². The highest BCUT2D eigenvalue weighted by Crippen LogP contribution is 2.17. The second-order valence-corrected chi connectivity index (χ2v) is 4.90. The minimum atomic E-state index is 0.262. The monoisotopic (exact) mass is 275 g/mol. The fourth-order valence-corrected chi connectivity index (χ4v) is 2.14. The van der Waals surface area contributed by atoms with Crippen LogP contribution in [0.2, 0.25) is 0 Å². The largest absolute Gasteiger partial charge is 0.484 e. The molecule has 1 aromatic carbocycles. The minimum Gasteiger partial charge on any atom is -0.484 e. The normalized spacial score (nSPS) is 18.3. The molecule has 1 fully saturated rings. The summed E-state index contributed by atoms with van der Waals surface area (Å²) in [6.07, 6.45) is 1.86. The Kier molecular flexibility index (Phi) is 3.83. The summed E-state index contributed by atoms with van der Waals surface area (Å²) in [6.45, 7) is 1.87. The Morgan fingerprint density at radius 1 is 1.30 bits per heavy atom. The van der Waals surface area contributed by atoms with Gasteiger partial charge in [0.25, 0.3) is 5.89 Å². The van der Waals surface area contributed by atoms with Gasteiger partial charge in [0.1, 0.15) is 5.75 Å². The molecule has 106 valence electrons. The van der Waals surface area contributed by atoms with Gasteiger partial charge in [-0.25, -0.2) is 0 Å². The number of nitrogen functional groups attached to an aromatic ring is 1. The number of hydrogen-bond acceptors (Lipinski definition) is 6. The predicted molar refractivity (Wildman–Crippen MR) is 72.1 cm³/mol. The molecule has 2 N–H and O–H groups in total. The standard InChI is InChI=1S/C14H17N3O3/c15-11-1-3-12(4-2-11)19-9-14-16-13(17-20-14)7-10-5-6-18-8-10/h1-4,10H,5-9,15H2. The lowest BCUT2D eigenvalue weighted by Crippen LogP contribution is -2.05. The number of hydrogen-bond donors (Lipinski definition) is 1. The van der Waals surface area contributed by atoms with Crippen molar-refractivity contribution in [3.63, 3.8) is 0 Å². The summed E-state index contributed by atoms with van der Waals surface area (Å²) in [5.41, 5.74) is 6.31. The van der Waals surface area contributed by atoms with Gasteiger partial charge in [0.2, 0.25) is 0 Å². The number of benzene rings is 1. The molecule has 0 aliphatic carbocycles. The Morgan fingerprint density at radius 2 is 2.15 bits per heavy atom. The van der Waals surface area contributed by atoms with Crippen LogP contribution < -0.4 is 10.5 Å². The van der Waals surface area contributed by atoms with Gasteiger partial charge in [-0.3, -0.25) is 0 Å². The number of aromatic nitrogens is 2. The summed E-state index contributed by atoms with van der Waals surface area (Å²) in [4.78, 5) is 4.32. The van der Waals surface area contributed by atoms with Crippen LogP contribution in [-0.2, 0) is 17.8 Å². The maximum absolute atomic E-state index is 5.61. The van der Waals surface area contributed by atoms with Gasteiger partial charge in [0.15, 0.2) is 12.4 Å². The van der Waals surface area contributed by atoms with Gasteiger partial charge in [-0.05, 0) is 36.6 Å². The van der Waals surface area contributed by atoms with Crippen molar-refractivity contribution in [2.45, 2.75) is 19.4 Å². The van der Waals surface area contributed by atoms with Crippen molar-refractivity contribution in [3.05, 3.63) is 36.0 Å². The first kappa shape index (κ1) is 12.9. The molecular formula is C14H17N3O3. The van der Waals surface area contributed by atoms with Crippen LogP contribution in [0, 0.1) is 5.92 Å². The van der Waals surface area contributed by atoms with Gasteiger partial charge in [0, 0.05) is 25.3 Å². The summed E-state index contributed by atoms with van der Waals surface area (Å²) >= 11 is 0. The Hall–Kier alpha value is -2.08. The molecule has 1 atom stereocenters. The lowest BCUT2D eigenvalue weighted by Gasteiger charge is -2.03.